The second kappa shape index (κ2) is 9.79. The summed E-state index contributed by atoms with van der Waals surface area (Å²) >= 11 is 5.88. The van der Waals surface area contributed by atoms with E-state index in [4.69, 9.17) is 11.6 Å². The third-order valence-electron chi connectivity index (χ3n) is 6.21. The molecule has 172 valence electrons. The van der Waals surface area contributed by atoms with E-state index in [1.807, 2.05) is 24.3 Å². The number of hydrogen-bond acceptors (Lipinski definition) is 5. The lowest BCUT2D eigenvalue weighted by Gasteiger charge is -2.34. The molecule has 2 heterocycles. The van der Waals surface area contributed by atoms with Crippen molar-refractivity contribution in [1.29, 1.82) is 0 Å². The van der Waals surface area contributed by atoms with Crippen molar-refractivity contribution < 1.29 is 13.2 Å². The highest BCUT2D eigenvalue weighted by molar-refractivity contribution is 7.89. The number of benzene rings is 2. The van der Waals surface area contributed by atoms with Gasteiger partial charge < -0.3 is 15.1 Å². The second-order valence-corrected chi connectivity index (χ2v) is 10.9. The van der Waals surface area contributed by atoms with Crippen LogP contribution in [0.15, 0.2) is 53.4 Å². The molecule has 1 amide bonds. The van der Waals surface area contributed by atoms with Crippen LogP contribution in [-0.4, -0.2) is 69.8 Å². The van der Waals surface area contributed by atoms with Crippen LogP contribution in [0.2, 0.25) is 5.02 Å². The van der Waals surface area contributed by atoms with E-state index in [9.17, 15) is 13.2 Å². The quantitative estimate of drug-likeness (QED) is 0.717. The van der Waals surface area contributed by atoms with E-state index < -0.39 is 10.0 Å². The molecule has 0 radical (unpaired) electrons. The molecule has 4 rings (SSSR count). The molecular formula is C23H29ClN4O3S. The smallest absolute Gasteiger partial charge is 0.243 e. The second-order valence-electron chi connectivity index (χ2n) is 8.48. The number of nitrogens with one attached hydrogen (secondary N) is 1. The zero-order valence-corrected chi connectivity index (χ0v) is 19.8. The Morgan fingerprint density at radius 3 is 2.28 bits per heavy atom. The number of nitrogens with zero attached hydrogens (tertiary/aromatic N) is 3. The zero-order chi connectivity index (χ0) is 22.7. The first-order chi connectivity index (χ1) is 15.3. The van der Waals surface area contributed by atoms with E-state index in [-0.39, 0.29) is 23.3 Å². The van der Waals surface area contributed by atoms with Crippen LogP contribution in [0.1, 0.15) is 12.8 Å². The monoisotopic (exact) mass is 476 g/mol. The highest BCUT2D eigenvalue weighted by Crippen LogP contribution is 2.26. The van der Waals surface area contributed by atoms with Crippen LogP contribution >= 0.6 is 11.6 Å². The first kappa shape index (κ1) is 23.0. The predicted octanol–water partition coefficient (Wildman–Crippen LogP) is 3.13. The number of halogens is 1. The maximum Gasteiger partial charge on any atom is 0.243 e. The molecule has 32 heavy (non-hydrogen) atoms. The Hall–Kier alpha value is -2.13. The van der Waals surface area contributed by atoms with Crippen molar-refractivity contribution in [3.8, 4) is 0 Å². The molecule has 0 spiro atoms. The minimum absolute atomic E-state index is 0.145. The molecule has 2 aliphatic rings. The third-order valence-corrected chi connectivity index (χ3v) is 8.34. The summed E-state index contributed by atoms with van der Waals surface area (Å²) < 4.78 is 27.4. The number of piperazine rings is 1. The van der Waals surface area contributed by atoms with Crippen molar-refractivity contribution >= 4 is 38.9 Å². The van der Waals surface area contributed by atoms with Gasteiger partial charge in [-0.2, -0.15) is 4.31 Å². The van der Waals surface area contributed by atoms with Gasteiger partial charge >= 0.3 is 0 Å². The van der Waals surface area contributed by atoms with Crippen LogP contribution in [0.25, 0.3) is 0 Å². The minimum Gasteiger partial charge on any atom is -0.369 e. The van der Waals surface area contributed by atoms with Crippen molar-refractivity contribution in [2.45, 2.75) is 17.7 Å². The average Bonchev–Trinajstić information content (AvgIpc) is 2.80. The third kappa shape index (κ3) is 5.26. The van der Waals surface area contributed by atoms with E-state index in [1.54, 1.807) is 12.1 Å². The molecule has 9 heteroatoms. The van der Waals surface area contributed by atoms with Gasteiger partial charge in [0.25, 0.3) is 0 Å². The number of anilines is 2. The number of sulfonamides is 1. The maximum absolute atomic E-state index is 13.0. The van der Waals surface area contributed by atoms with E-state index in [0.717, 1.165) is 37.6 Å². The summed E-state index contributed by atoms with van der Waals surface area (Å²) in [4.78, 5) is 17.7. The first-order valence-electron chi connectivity index (χ1n) is 10.9. The largest absolute Gasteiger partial charge is 0.369 e. The van der Waals surface area contributed by atoms with Gasteiger partial charge in [-0.3, -0.25) is 4.79 Å². The minimum atomic E-state index is -3.65. The van der Waals surface area contributed by atoms with E-state index in [0.29, 0.717) is 24.4 Å². The molecule has 2 aromatic carbocycles. The fourth-order valence-electron chi connectivity index (χ4n) is 4.19. The van der Waals surface area contributed by atoms with Crippen LogP contribution in [0.5, 0.6) is 0 Å². The van der Waals surface area contributed by atoms with Crippen molar-refractivity contribution in [2.24, 2.45) is 5.92 Å². The molecule has 0 aliphatic carbocycles. The standard InChI is InChI=1S/C23H29ClN4O3S/c1-26-13-15-27(16-14-26)21-8-6-20(7-9-21)25-23(29)18-3-2-12-28(17-18)32(30,31)22-10-4-19(24)5-11-22/h4-11,18H,2-3,12-17H2,1H3,(H,25,29)/t18-/m1/s1. The lowest BCUT2D eigenvalue weighted by molar-refractivity contribution is -0.120. The van der Waals surface area contributed by atoms with Gasteiger partial charge in [-0.1, -0.05) is 11.6 Å². The number of amides is 1. The Labute approximate surface area is 195 Å². The normalized spacial score (nSPS) is 20.8. The molecule has 0 unspecified atom stereocenters. The van der Waals surface area contributed by atoms with Gasteiger partial charge in [-0.15, -0.1) is 0 Å². The molecule has 0 aromatic heterocycles. The predicted molar refractivity (Wildman–Crippen MR) is 128 cm³/mol. The van der Waals surface area contributed by atoms with E-state index >= 15 is 0 Å². The van der Waals surface area contributed by atoms with Gasteiger partial charge in [0, 0.05) is 55.7 Å². The molecule has 0 saturated carbocycles. The van der Waals surface area contributed by atoms with E-state index in [1.165, 1.54) is 16.4 Å². The molecular weight excluding hydrogens is 448 g/mol. The van der Waals surface area contributed by atoms with Crippen molar-refractivity contribution in [2.75, 3.05) is 56.5 Å². The van der Waals surface area contributed by atoms with Crippen molar-refractivity contribution in [3.63, 3.8) is 0 Å². The van der Waals surface area contributed by atoms with Crippen LogP contribution in [0.3, 0.4) is 0 Å². The highest BCUT2D eigenvalue weighted by Gasteiger charge is 2.33. The highest BCUT2D eigenvalue weighted by atomic mass is 35.5. The zero-order valence-electron chi connectivity index (χ0n) is 18.2. The summed E-state index contributed by atoms with van der Waals surface area (Å²) in [6.45, 7) is 4.64. The molecule has 2 aromatic rings. The van der Waals surface area contributed by atoms with Crippen LogP contribution in [0.4, 0.5) is 11.4 Å². The Morgan fingerprint density at radius 1 is 0.969 bits per heavy atom. The summed E-state index contributed by atoms with van der Waals surface area (Å²) in [5, 5.41) is 3.45. The molecule has 0 bridgehead atoms. The Morgan fingerprint density at radius 2 is 1.62 bits per heavy atom. The summed E-state index contributed by atoms with van der Waals surface area (Å²) in [7, 11) is -1.53. The molecule has 7 nitrogen and oxygen atoms in total. The van der Waals surface area contributed by atoms with Gasteiger partial charge in [-0.25, -0.2) is 8.42 Å². The van der Waals surface area contributed by atoms with Gasteiger partial charge in [0.2, 0.25) is 15.9 Å². The summed E-state index contributed by atoms with van der Waals surface area (Å²) in [5.74, 6) is -0.531. The van der Waals surface area contributed by atoms with Crippen LogP contribution in [-0.2, 0) is 14.8 Å². The number of hydrogen-bond donors (Lipinski definition) is 1. The van der Waals surface area contributed by atoms with Crippen LogP contribution < -0.4 is 10.2 Å². The Kier molecular flexibility index (Phi) is 7.05. The van der Waals surface area contributed by atoms with Crippen molar-refractivity contribution in [3.05, 3.63) is 53.6 Å². The molecule has 2 saturated heterocycles. The van der Waals surface area contributed by atoms with Gasteiger partial charge in [-0.05, 0) is 68.4 Å². The average molecular weight is 477 g/mol. The first-order valence-corrected chi connectivity index (χ1v) is 12.7. The van der Waals surface area contributed by atoms with Gasteiger partial charge in [0.15, 0.2) is 0 Å². The van der Waals surface area contributed by atoms with Crippen LogP contribution in [0, 0.1) is 5.92 Å². The molecule has 1 N–H and O–H groups in total. The van der Waals surface area contributed by atoms with E-state index in [2.05, 4.69) is 22.2 Å². The lowest BCUT2D eigenvalue weighted by atomic mass is 9.98. The molecule has 1 atom stereocenters. The molecule has 2 fully saturated rings. The number of likely N-dealkylation sites (N-methyl/N-ethyl adjacent to an activating group) is 1. The Bertz CT molecular complexity index is 1040. The summed E-state index contributed by atoms with van der Waals surface area (Å²) in [6.07, 6.45) is 1.31. The van der Waals surface area contributed by atoms with Gasteiger partial charge in [0.1, 0.15) is 0 Å². The fourth-order valence-corrected chi connectivity index (χ4v) is 5.84. The van der Waals surface area contributed by atoms with Gasteiger partial charge in [0.05, 0.1) is 10.8 Å². The number of rotatable bonds is 5. The molecule has 2 aliphatic heterocycles. The lowest BCUT2D eigenvalue weighted by Crippen LogP contribution is -2.44. The number of carbonyl (C=O) groups excluding carboxylic acids is 1. The topological polar surface area (TPSA) is 73.0 Å². The summed E-state index contributed by atoms with van der Waals surface area (Å²) in [6, 6.07) is 14.0. The number of carbonyl (C=O) groups is 1. The Balaban J connectivity index is 1.37. The maximum atomic E-state index is 13.0. The summed E-state index contributed by atoms with van der Waals surface area (Å²) in [5.41, 5.74) is 1.87. The number of piperidine rings is 1. The van der Waals surface area contributed by atoms with Crippen molar-refractivity contribution in [1.82, 2.24) is 9.21 Å². The SMILES string of the molecule is CN1CCN(c2ccc(NC(=O)[C@@H]3CCCN(S(=O)(=O)c4ccc(Cl)cc4)C3)cc2)CC1. The fraction of sp³-hybridized carbons (Fsp3) is 0.435.